The molecule has 1 saturated carbocycles. The Morgan fingerprint density at radius 1 is 1.21 bits per heavy atom. The number of rotatable bonds is 4. The molecule has 8 nitrogen and oxygen atoms in total. The van der Waals surface area contributed by atoms with Crippen LogP contribution in [0.3, 0.4) is 0 Å². The average Bonchev–Trinajstić information content (AvgIpc) is 3.48. The maximum Gasteiger partial charge on any atom is 0.226 e. The zero-order valence-electron chi connectivity index (χ0n) is 20.5. The molecular weight excluding hydrogens is 426 g/mol. The Morgan fingerprint density at radius 2 is 2.06 bits per heavy atom. The van der Waals surface area contributed by atoms with Crippen LogP contribution >= 0.6 is 0 Å². The highest BCUT2D eigenvalue weighted by Gasteiger charge is 2.37. The Balaban J connectivity index is 1.38. The maximum absolute atomic E-state index is 13.7. The molecule has 1 amide bonds. The monoisotopic (exact) mass is 463 g/mol. The number of nitriles is 1. The molecule has 182 valence electrons. The van der Waals surface area contributed by atoms with E-state index in [1.807, 2.05) is 11.4 Å². The third-order valence-electron chi connectivity index (χ3n) is 8.25. The van der Waals surface area contributed by atoms with Crippen molar-refractivity contribution in [1.82, 2.24) is 19.5 Å². The number of likely N-dealkylation sites (tertiary alicyclic amines) is 1. The summed E-state index contributed by atoms with van der Waals surface area (Å²) < 4.78 is 1.87. The van der Waals surface area contributed by atoms with Crippen molar-refractivity contribution in [1.29, 1.82) is 5.26 Å². The van der Waals surface area contributed by atoms with Gasteiger partial charge in [0.2, 0.25) is 5.91 Å². The lowest BCUT2D eigenvalue weighted by Gasteiger charge is -2.39. The molecule has 3 aliphatic rings. The Hall–Kier alpha value is -2.66. The molecule has 0 bridgehead atoms. The Kier molecular flexibility index (Phi) is 6.48. The minimum Gasteiger partial charge on any atom is -0.355 e. The van der Waals surface area contributed by atoms with Gasteiger partial charge in [0.1, 0.15) is 5.82 Å². The lowest BCUT2D eigenvalue weighted by molar-refractivity contribution is -0.141. The van der Waals surface area contributed by atoms with Crippen LogP contribution in [0.2, 0.25) is 0 Å². The first-order chi connectivity index (χ1) is 16.4. The van der Waals surface area contributed by atoms with E-state index in [-0.39, 0.29) is 29.8 Å². The average molecular weight is 464 g/mol. The van der Waals surface area contributed by atoms with Crippen LogP contribution in [-0.2, 0) is 4.79 Å². The van der Waals surface area contributed by atoms with Crippen molar-refractivity contribution in [2.75, 3.05) is 24.5 Å². The van der Waals surface area contributed by atoms with E-state index in [0.29, 0.717) is 5.92 Å². The molecule has 2 aromatic rings. The van der Waals surface area contributed by atoms with Crippen LogP contribution in [0.4, 0.5) is 5.82 Å². The molecule has 5 atom stereocenters. The van der Waals surface area contributed by atoms with Crippen molar-refractivity contribution in [3.05, 3.63) is 23.5 Å². The van der Waals surface area contributed by atoms with Gasteiger partial charge in [0.05, 0.1) is 17.8 Å². The molecule has 34 heavy (non-hydrogen) atoms. The molecule has 2 aromatic heterocycles. The smallest absolute Gasteiger partial charge is 0.226 e. The van der Waals surface area contributed by atoms with E-state index in [2.05, 4.69) is 35.1 Å². The van der Waals surface area contributed by atoms with Gasteiger partial charge in [-0.3, -0.25) is 4.79 Å². The number of aryl methyl sites for hydroxylation is 1. The molecule has 0 spiro atoms. The van der Waals surface area contributed by atoms with Gasteiger partial charge in [0.15, 0.2) is 5.65 Å². The maximum atomic E-state index is 13.7. The van der Waals surface area contributed by atoms with E-state index in [0.717, 1.165) is 93.7 Å². The summed E-state index contributed by atoms with van der Waals surface area (Å²) in [6.45, 7) is 6.63. The second-order valence-corrected chi connectivity index (χ2v) is 10.7. The van der Waals surface area contributed by atoms with Crippen LogP contribution in [0, 0.1) is 36.0 Å². The number of carbonyl (C=O) groups is 1. The number of piperidine rings is 1. The Labute approximate surface area is 202 Å². The first-order valence-electron chi connectivity index (χ1n) is 13.0. The number of hydrogen-bond donors (Lipinski definition) is 1. The van der Waals surface area contributed by atoms with Gasteiger partial charge in [-0.05, 0) is 64.7 Å². The second kappa shape index (κ2) is 9.53. The van der Waals surface area contributed by atoms with Gasteiger partial charge in [-0.1, -0.05) is 6.42 Å². The topological polar surface area (TPSA) is 104 Å². The number of anilines is 1. The first kappa shape index (κ1) is 23.1. The minimum absolute atomic E-state index is 0.000631. The lowest BCUT2D eigenvalue weighted by atomic mass is 9.75. The summed E-state index contributed by atoms with van der Waals surface area (Å²) in [5.74, 6) is 1.62. The van der Waals surface area contributed by atoms with Crippen LogP contribution in [0.1, 0.15) is 75.6 Å². The highest BCUT2D eigenvalue weighted by molar-refractivity contribution is 5.79. The highest BCUT2D eigenvalue weighted by Crippen LogP contribution is 2.38. The number of amides is 1. The van der Waals surface area contributed by atoms with Gasteiger partial charge >= 0.3 is 0 Å². The van der Waals surface area contributed by atoms with Crippen LogP contribution in [-0.4, -0.2) is 51.1 Å². The van der Waals surface area contributed by atoms with Gasteiger partial charge in [-0.15, -0.1) is 0 Å². The summed E-state index contributed by atoms with van der Waals surface area (Å²) in [6, 6.07) is 4.67. The number of nitrogens with two attached hydrogens (primary N) is 1. The number of fused-ring (bicyclic) bond motifs is 1. The molecule has 0 aromatic carbocycles. The van der Waals surface area contributed by atoms with Crippen LogP contribution in [0.5, 0.6) is 0 Å². The molecule has 4 heterocycles. The predicted molar refractivity (Wildman–Crippen MR) is 131 cm³/mol. The lowest BCUT2D eigenvalue weighted by Crippen LogP contribution is -2.43. The third-order valence-corrected chi connectivity index (χ3v) is 8.25. The number of aromatic nitrogens is 3. The van der Waals surface area contributed by atoms with E-state index in [1.165, 1.54) is 0 Å². The number of nitrogens with zero attached hydrogens (tertiary/aromatic N) is 6. The zero-order chi connectivity index (χ0) is 23.8. The van der Waals surface area contributed by atoms with Gasteiger partial charge in [-0.25, -0.2) is 9.50 Å². The summed E-state index contributed by atoms with van der Waals surface area (Å²) in [5.41, 5.74) is 8.98. The van der Waals surface area contributed by atoms with Gasteiger partial charge in [-0.2, -0.15) is 10.4 Å². The Bertz CT molecular complexity index is 1090. The quantitative estimate of drug-likeness (QED) is 0.743. The molecule has 2 N–H and O–H groups in total. The molecule has 8 heteroatoms. The van der Waals surface area contributed by atoms with E-state index in [4.69, 9.17) is 15.8 Å². The van der Waals surface area contributed by atoms with E-state index in [1.54, 1.807) is 0 Å². The third kappa shape index (κ3) is 4.38. The fourth-order valence-electron chi connectivity index (χ4n) is 6.23. The standard InChI is InChI=1S/C26H37N7O/c1-17(14-27)19-6-5-7-20(12-19)26(34)32-10-4-3-8-23(32)22-13-24-29-25(18(2)15-33(24)30-22)31-11-9-21(28)16-31/h13,15,17,19-21,23H,3-12,16,28H2,1-2H3/t17?,19?,20?,21-,23-/m0/s1. The van der Waals surface area contributed by atoms with Crippen molar-refractivity contribution < 1.29 is 4.79 Å². The first-order valence-corrected chi connectivity index (χ1v) is 13.0. The number of carbonyl (C=O) groups excluding carboxylic acids is 1. The normalized spacial score (nSPS) is 28.8. The van der Waals surface area contributed by atoms with Crippen LogP contribution < -0.4 is 10.6 Å². The van der Waals surface area contributed by atoms with Crippen LogP contribution in [0.25, 0.3) is 5.65 Å². The van der Waals surface area contributed by atoms with E-state index >= 15 is 0 Å². The zero-order valence-corrected chi connectivity index (χ0v) is 20.5. The van der Waals surface area contributed by atoms with Crippen molar-refractivity contribution >= 4 is 17.4 Å². The molecule has 2 aliphatic heterocycles. The second-order valence-electron chi connectivity index (χ2n) is 10.7. The fraction of sp³-hybridized carbons (Fsp3) is 0.692. The largest absolute Gasteiger partial charge is 0.355 e. The van der Waals surface area contributed by atoms with E-state index < -0.39 is 0 Å². The molecule has 3 unspecified atom stereocenters. The molecular formula is C26H37N7O. The summed E-state index contributed by atoms with van der Waals surface area (Å²) in [5, 5.41) is 14.3. The minimum atomic E-state index is 0.000631. The van der Waals surface area contributed by atoms with Crippen molar-refractivity contribution in [2.45, 2.75) is 77.3 Å². The summed E-state index contributed by atoms with van der Waals surface area (Å²) >= 11 is 0. The predicted octanol–water partition coefficient (Wildman–Crippen LogP) is 3.59. The summed E-state index contributed by atoms with van der Waals surface area (Å²) in [4.78, 5) is 23.0. The number of hydrogen-bond acceptors (Lipinski definition) is 6. The van der Waals surface area contributed by atoms with Crippen molar-refractivity contribution in [3.8, 4) is 6.07 Å². The molecule has 0 radical (unpaired) electrons. The fourth-order valence-corrected chi connectivity index (χ4v) is 6.23. The Morgan fingerprint density at radius 3 is 2.82 bits per heavy atom. The molecule has 3 fully saturated rings. The van der Waals surface area contributed by atoms with Gasteiger partial charge in [0, 0.05) is 55.3 Å². The SMILES string of the molecule is Cc1cn2nc([C@@H]3CCCCN3C(=O)C3CCCC(C(C)C#N)C3)cc2nc1N1CC[C@H](N)C1. The van der Waals surface area contributed by atoms with Gasteiger partial charge in [0.25, 0.3) is 0 Å². The highest BCUT2D eigenvalue weighted by atomic mass is 16.2. The molecule has 1 aliphatic carbocycles. The van der Waals surface area contributed by atoms with Crippen molar-refractivity contribution in [3.63, 3.8) is 0 Å². The molecule has 5 rings (SSSR count). The van der Waals surface area contributed by atoms with Crippen LogP contribution in [0.15, 0.2) is 12.3 Å². The summed E-state index contributed by atoms with van der Waals surface area (Å²) in [6.07, 6.45) is 9.98. The van der Waals surface area contributed by atoms with Crippen molar-refractivity contribution in [2.24, 2.45) is 23.5 Å². The van der Waals surface area contributed by atoms with E-state index in [9.17, 15) is 10.1 Å². The molecule has 2 saturated heterocycles. The summed E-state index contributed by atoms with van der Waals surface area (Å²) in [7, 11) is 0. The van der Waals surface area contributed by atoms with Gasteiger partial charge < -0.3 is 15.5 Å².